The van der Waals surface area contributed by atoms with E-state index in [4.69, 9.17) is 9.15 Å². The van der Waals surface area contributed by atoms with Gasteiger partial charge in [0.25, 0.3) is 11.8 Å². The second-order valence-corrected chi connectivity index (χ2v) is 7.27. The van der Waals surface area contributed by atoms with Gasteiger partial charge >= 0.3 is 0 Å². The summed E-state index contributed by atoms with van der Waals surface area (Å²) in [6.45, 7) is 5.70. The molecule has 0 aliphatic rings. The van der Waals surface area contributed by atoms with Crippen molar-refractivity contribution in [2.45, 2.75) is 26.9 Å². The summed E-state index contributed by atoms with van der Waals surface area (Å²) in [4.78, 5) is 12.7. The molecule has 0 fully saturated rings. The number of aryl methyl sites for hydroxylation is 1. The predicted molar refractivity (Wildman–Crippen MR) is 120 cm³/mol. The fourth-order valence-corrected chi connectivity index (χ4v) is 3.14. The van der Waals surface area contributed by atoms with Gasteiger partial charge in [0.05, 0.1) is 5.56 Å². The van der Waals surface area contributed by atoms with Crippen molar-refractivity contribution in [1.82, 2.24) is 10.2 Å². The van der Waals surface area contributed by atoms with E-state index in [1.807, 2.05) is 80.6 Å². The number of hydrogen-bond donors (Lipinski definition) is 1. The van der Waals surface area contributed by atoms with E-state index < -0.39 is 6.10 Å². The normalized spacial score (nSPS) is 11.7. The first-order valence-corrected chi connectivity index (χ1v) is 10.0. The van der Waals surface area contributed by atoms with Gasteiger partial charge in [-0.2, -0.15) is 0 Å². The molecule has 31 heavy (non-hydrogen) atoms. The molecule has 3 aromatic carbocycles. The maximum Gasteiger partial charge on any atom is 0.265 e. The molecule has 0 bridgehead atoms. The number of amides is 1. The van der Waals surface area contributed by atoms with Crippen LogP contribution in [0.15, 0.2) is 77.2 Å². The highest BCUT2D eigenvalue weighted by Gasteiger charge is 2.20. The van der Waals surface area contributed by atoms with E-state index in [-0.39, 0.29) is 5.91 Å². The lowest BCUT2D eigenvalue weighted by molar-refractivity contribution is -0.122. The Morgan fingerprint density at radius 1 is 0.903 bits per heavy atom. The van der Waals surface area contributed by atoms with Gasteiger partial charge in [0.2, 0.25) is 5.89 Å². The molecule has 6 heteroatoms. The minimum Gasteiger partial charge on any atom is -0.480 e. The molecule has 156 valence electrons. The smallest absolute Gasteiger partial charge is 0.265 e. The summed E-state index contributed by atoms with van der Waals surface area (Å²) in [6, 6.07) is 22.7. The van der Waals surface area contributed by atoms with Gasteiger partial charge in [-0.05, 0) is 62.2 Å². The summed E-state index contributed by atoms with van der Waals surface area (Å²) < 4.78 is 11.8. The van der Waals surface area contributed by atoms with Crippen LogP contribution in [-0.2, 0) is 4.79 Å². The van der Waals surface area contributed by atoms with E-state index in [2.05, 4.69) is 15.5 Å². The maximum atomic E-state index is 12.7. The zero-order valence-electron chi connectivity index (χ0n) is 17.6. The molecule has 0 unspecified atom stereocenters. The van der Waals surface area contributed by atoms with Gasteiger partial charge in [0.1, 0.15) is 5.75 Å². The van der Waals surface area contributed by atoms with Gasteiger partial charge < -0.3 is 14.5 Å². The fourth-order valence-electron chi connectivity index (χ4n) is 3.14. The highest BCUT2D eigenvalue weighted by atomic mass is 16.5. The number of hydrogen-bond acceptors (Lipinski definition) is 5. The molecule has 4 rings (SSSR count). The zero-order valence-corrected chi connectivity index (χ0v) is 17.6. The SMILES string of the molecule is Cc1cccc(NC(=O)[C@@H](C)Oc2ccccc2-c2nnc(-c3ccccc3)o2)c1C. The maximum absolute atomic E-state index is 12.7. The van der Waals surface area contributed by atoms with Crippen LogP contribution >= 0.6 is 0 Å². The first-order valence-electron chi connectivity index (χ1n) is 10.0. The van der Waals surface area contributed by atoms with Gasteiger partial charge in [-0.1, -0.05) is 42.5 Å². The number of carbonyl (C=O) groups excluding carboxylic acids is 1. The average molecular weight is 413 g/mol. The second kappa shape index (κ2) is 8.83. The quantitative estimate of drug-likeness (QED) is 0.456. The summed E-state index contributed by atoms with van der Waals surface area (Å²) in [5.74, 6) is 1.01. The van der Waals surface area contributed by atoms with E-state index in [9.17, 15) is 4.79 Å². The number of benzene rings is 3. The number of anilines is 1. The molecule has 0 saturated heterocycles. The predicted octanol–water partition coefficient (Wildman–Crippen LogP) is 5.43. The second-order valence-electron chi connectivity index (χ2n) is 7.27. The Morgan fingerprint density at radius 2 is 1.61 bits per heavy atom. The zero-order chi connectivity index (χ0) is 21.8. The standard InChI is InChI=1S/C25H23N3O3/c1-16-10-9-14-21(17(16)2)26-23(29)18(3)30-22-15-8-7-13-20(22)25-28-27-24(31-25)19-11-5-4-6-12-19/h4-15,18H,1-3H3,(H,26,29)/t18-/m1/s1. The summed E-state index contributed by atoms with van der Waals surface area (Å²) in [7, 11) is 0. The van der Waals surface area contributed by atoms with E-state index in [1.54, 1.807) is 13.0 Å². The molecule has 1 aromatic heterocycles. The number of aromatic nitrogens is 2. The Bertz CT molecular complexity index is 1200. The molecule has 0 spiro atoms. The van der Waals surface area contributed by atoms with E-state index >= 15 is 0 Å². The molecular weight excluding hydrogens is 390 g/mol. The van der Waals surface area contributed by atoms with Crippen molar-refractivity contribution in [3.63, 3.8) is 0 Å². The van der Waals surface area contributed by atoms with Crippen LogP contribution in [0.3, 0.4) is 0 Å². The largest absolute Gasteiger partial charge is 0.480 e. The first kappa shape index (κ1) is 20.3. The number of ether oxygens (including phenoxy) is 1. The first-order chi connectivity index (χ1) is 15.0. The monoisotopic (exact) mass is 413 g/mol. The minimum atomic E-state index is -0.724. The van der Waals surface area contributed by atoms with Crippen LogP contribution in [0.4, 0.5) is 5.69 Å². The molecule has 1 heterocycles. The lowest BCUT2D eigenvalue weighted by Gasteiger charge is -2.17. The van der Waals surface area contributed by atoms with Crippen molar-refractivity contribution in [2.24, 2.45) is 0 Å². The van der Waals surface area contributed by atoms with Gasteiger partial charge in [0.15, 0.2) is 6.10 Å². The number of nitrogens with zero attached hydrogens (tertiary/aromatic N) is 2. The van der Waals surface area contributed by atoms with Gasteiger partial charge in [-0.25, -0.2) is 0 Å². The molecule has 1 N–H and O–H groups in total. The Hall–Kier alpha value is -3.93. The molecule has 4 aromatic rings. The Labute approximate surface area is 180 Å². The Balaban J connectivity index is 1.53. The van der Waals surface area contributed by atoms with Crippen LogP contribution in [0.2, 0.25) is 0 Å². The van der Waals surface area contributed by atoms with Gasteiger partial charge in [-0.15, -0.1) is 10.2 Å². The molecule has 1 amide bonds. The molecular formula is C25H23N3O3. The van der Waals surface area contributed by atoms with E-state index in [1.165, 1.54) is 0 Å². The van der Waals surface area contributed by atoms with Crippen LogP contribution in [0.5, 0.6) is 5.75 Å². The fraction of sp³-hybridized carbons (Fsp3) is 0.160. The molecule has 0 radical (unpaired) electrons. The molecule has 0 aliphatic heterocycles. The van der Waals surface area contributed by atoms with E-state index in [0.717, 1.165) is 22.4 Å². The van der Waals surface area contributed by atoms with Crippen molar-refractivity contribution < 1.29 is 13.9 Å². The number of rotatable bonds is 6. The Kier molecular flexibility index (Phi) is 5.80. The average Bonchev–Trinajstić information content (AvgIpc) is 3.28. The van der Waals surface area contributed by atoms with Crippen molar-refractivity contribution in [2.75, 3.05) is 5.32 Å². The van der Waals surface area contributed by atoms with Crippen LogP contribution in [0.25, 0.3) is 22.9 Å². The van der Waals surface area contributed by atoms with Gasteiger partial charge in [-0.3, -0.25) is 4.79 Å². The van der Waals surface area contributed by atoms with E-state index in [0.29, 0.717) is 23.1 Å². The highest BCUT2D eigenvalue weighted by Crippen LogP contribution is 2.31. The number of nitrogens with one attached hydrogen (secondary N) is 1. The highest BCUT2D eigenvalue weighted by molar-refractivity contribution is 5.95. The summed E-state index contributed by atoms with van der Waals surface area (Å²) in [6.07, 6.45) is -0.724. The molecule has 6 nitrogen and oxygen atoms in total. The summed E-state index contributed by atoms with van der Waals surface area (Å²) in [5.41, 5.74) is 4.38. The molecule has 1 atom stereocenters. The number of para-hydroxylation sites is 1. The third-order valence-corrected chi connectivity index (χ3v) is 5.10. The van der Waals surface area contributed by atoms with Crippen LogP contribution in [0, 0.1) is 13.8 Å². The van der Waals surface area contributed by atoms with Crippen LogP contribution in [-0.4, -0.2) is 22.2 Å². The minimum absolute atomic E-state index is 0.237. The summed E-state index contributed by atoms with van der Waals surface area (Å²) in [5, 5.41) is 11.2. The Morgan fingerprint density at radius 3 is 2.42 bits per heavy atom. The van der Waals surface area contributed by atoms with Crippen LogP contribution < -0.4 is 10.1 Å². The number of carbonyl (C=O) groups is 1. The molecule has 0 saturated carbocycles. The lowest BCUT2D eigenvalue weighted by atomic mass is 10.1. The topological polar surface area (TPSA) is 77.2 Å². The lowest BCUT2D eigenvalue weighted by Crippen LogP contribution is -2.30. The van der Waals surface area contributed by atoms with Crippen LogP contribution in [0.1, 0.15) is 18.1 Å². The van der Waals surface area contributed by atoms with Crippen molar-refractivity contribution in [1.29, 1.82) is 0 Å². The van der Waals surface area contributed by atoms with Crippen molar-refractivity contribution in [3.8, 4) is 28.7 Å². The van der Waals surface area contributed by atoms with Crippen molar-refractivity contribution in [3.05, 3.63) is 83.9 Å². The summed E-state index contributed by atoms with van der Waals surface area (Å²) >= 11 is 0. The third kappa shape index (κ3) is 4.48. The molecule has 0 aliphatic carbocycles. The van der Waals surface area contributed by atoms with Crippen molar-refractivity contribution >= 4 is 11.6 Å². The van der Waals surface area contributed by atoms with Gasteiger partial charge in [0, 0.05) is 11.3 Å². The third-order valence-electron chi connectivity index (χ3n) is 5.10.